The fourth-order valence-corrected chi connectivity index (χ4v) is 5.20. The lowest BCUT2D eigenvalue weighted by Gasteiger charge is -2.42. The number of halogens is 2. The Balaban J connectivity index is 1.67. The monoisotopic (exact) mass is 543 g/mol. The number of benzene rings is 2. The van der Waals surface area contributed by atoms with Crippen LogP contribution in [-0.2, 0) is 14.3 Å². The highest BCUT2D eigenvalue weighted by Crippen LogP contribution is 2.35. The summed E-state index contributed by atoms with van der Waals surface area (Å²) < 4.78 is 19.8. The largest absolute Gasteiger partial charge is 0.444 e. The van der Waals surface area contributed by atoms with Gasteiger partial charge in [0.05, 0.1) is 5.92 Å². The van der Waals surface area contributed by atoms with Crippen molar-refractivity contribution in [1.29, 1.82) is 0 Å². The standard InChI is InChI=1S/C29H35ClFN3O4/c1-29(2,3)38-28(37)33-17-19(18-33)27(36)34(22-13-9-10-20(31)16-22)25(23-14-7-8-15-24(23)30)26(35)32-21-11-5-4-6-12-21/h7-10,13-16,19,21,25H,4-6,11-12,17-18H2,1-3H3,(H,32,35). The van der Waals surface area contributed by atoms with Gasteiger partial charge in [0.15, 0.2) is 0 Å². The first-order valence-corrected chi connectivity index (χ1v) is 13.5. The summed E-state index contributed by atoms with van der Waals surface area (Å²) in [4.78, 5) is 43.2. The minimum absolute atomic E-state index is 0.00272. The third-order valence-electron chi connectivity index (χ3n) is 6.86. The lowest BCUT2D eigenvalue weighted by atomic mass is 9.93. The number of ether oxygens (including phenoxy) is 1. The molecule has 3 amide bonds. The molecule has 1 aliphatic heterocycles. The van der Waals surface area contributed by atoms with Gasteiger partial charge in [-0.3, -0.25) is 14.5 Å². The molecular weight excluding hydrogens is 509 g/mol. The van der Waals surface area contributed by atoms with Gasteiger partial charge in [0.25, 0.3) is 0 Å². The molecule has 2 aromatic rings. The average molecular weight is 544 g/mol. The van der Waals surface area contributed by atoms with Crippen LogP contribution in [0.25, 0.3) is 0 Å². The van der Waals surface area contributed by atoms with Crippen LogP contribution in [0.4, 0.5) is 14.9 Å². The number of likely N-dealkylation sites (tertiary alicyclic amines) is 1. The smallest absolute Gasteiger partial charge is 0.410 e. The molecule has 1 N–H and O–H groups in total. The molecule has 1 atom stereocenters. The van der Waals surface area contributed by atoms with Crippen LogP contribution in [0.15, 0.2) is 48.5 Å². The molecule has 2 fully saturated rings. The van der Waals surface area contributed by atoms with E-state index >= 15 is 0 Å². The van der Waals surface area contributed by atoms with Crippen LogP contribution < -0.4 is 10.2 Å². The number of anilines is 1. The van der Waals surface area contributed by atoms with E-state index in [1.807, 2.05) is 0 Å². The van der Waals surface area contributed by atoms with Crippen molar-refractivity contribution in [3.63, 3.8) is 0 Å². The molecule has 4 rings (SSSR count). The van der Waals surface area contributed by atoms with E-state index in [4.69, 9.17) is 16.3 Å². The Morgan fingerprint density at radius 3 is 2.37 bits per heavy atom. The summed E-state index contributed by atoms with van der Waals surface area (Å²) in [6.45, 7) is 5.60. The predicted octanol–water partition coefficient (Wildman–Crippen LogP) is 5.87. The van der Waals surface area contributed by atoms with E-state index in [1.54, 1.807) is 51.1 Å². The first-order chi connectivity index (χ1) is 18.0. The highest BCUT2D eigenvalue weighted by molar-refractivity contribution is 6.31. The number of carbonyl (C=O) groups is 3. The van der Waals surface area contributed by atoms with E-state index in [9.17, 15) is 18.8 Å². The van der Waals surface area contributed by atoms with Crippen molar-refractivity contribution in [3.8, 4) is 0 Å². The Morgan fingerprint density at radius 2 is 1.74 bits per heavy atom. The summed E-state index contributed by atoms with van der Waals surface area (Å²) in [5.74, 6) is -1.88. The second-order valence-electron chi connectivity index (χ2n) is 11.0. The zero-order valence-electron chi connectivity index (χ0n) is 22.1. The second-order valence-corrected chi connectivity index (χ2v) is 11.4. The molecule has 1 heterocycles. The minimum Gasteiger partial charge on any atom is -0.444 e. The summed E-state index contributed by atoms with van der Waals surface area (Å²) >= 11 is 6.57. The van der Waals surface area contributed by atoms with Crippen molar-refractivity contribution in [1.82, 2.24) is 10.2 Å². The maximum Gasteiger partial charge on any atom is 0.410 e. The molecule has 204 valence electrons. The van der Waals surface area contributed by atoms with E-state index in [-0.39, 0.29) is 36.6 Å². The van der Waals surface area contributed by atoms with Crippen LogP contribution in [0, 0.1) is 11.7 Å². The lowest BCUT2D eigenvalue weighted by molar-refractivity contribution is -0.131. The molecule has 2 aromatic carbocycles. The second kappa shape index (κ2) is 11.7. The van der Waals surface area contributed by atoms with Crippen LogP contribution in [0.1, 0.15) is 64.5 Å². The molecule has 38 heavy (non-hydrogen) atoms. The van der Waals surface area contributed by atoms with Crippen LogP contribution in [0.3, 0.4) is 0 Å². The Hall–Kier alpha value is -3.13. The maximum absolute atomic E-state index is 14.4. The minimum atomic E-state index is -1.12. The quantitative estimate of drug-likeness (QED) is 0.494. The molecule has 0 radical (unpaired) electrons. The molecule has 9 heteroatoms. The van der Waals surface area contributed by atoms with Gasteiger partial charge >= 0.3 is 6.09 Å². The SMILES string of the molecule is CC(C)(C)OC(=O)N1CC(C(=O)N(c2cccc(F)c2)C(C(=O)NC2CCCCC2)c2ccccc2Cl)C1. The zero-order chi connectivity index (χ0) is 27.4. The number of nitrogens with one attached hydrogen (secondary N) is 1. The summed E-state index contributed by atoms with van der Waals surface area (Å²) in [6, 6.07) is 11.4. The van der Waals surface area contributed by atoms with Gasteiger partial charge in [-0.05, 0) is 57.9 Å². The maximum atomic E-state index is 14.4. The normalized spacial score (nSPS) is 17.3. The van der Waals surface area contributed by atoms with Gasteiger partial charge in [0.2, 0.25) is 11.8 Å². The van der Waals surface area contributed by atoms with Crippen molar-refractivity contribution < 1.29 is 23.5 Å². The molecule has 2 aliphatic rings. The first kappa shape index (κ1) is 27.9. The number of rotatable bonds is 6. The molecule has 1 saturated carbocycles. The summed E-state index contributed by atoms with van der Waals surface area (Å²) in [5.41, 5.74) is 0.0319. The Bertz CT molecular complexity index is 1170. The van der Waals surface area contributed by atoms with Crippen molar-refractivity contribution in [2.45, 2.75) is 70.6 Å². The number of carbonyl (C=O) groups excluding carboxylic acids is 3. The predicted molar refractivity (Wildman–Crippen MR) is 144 cm³/mol. The third-order valence-corrected chi connectivity index (χ3v) is 7.21. The Morgan fingerprint density at radius 1 is 1.05 bits per heavy atom. The van der Waals surface area contributed by atoms with E-state index in [1.165, 1.54) is 28.0 Å². The van der Waals surface area contributed by atoms with Gasteiger partial charge in [0, 0.05) is 35.4 Å². The molecule has 1 unspecified atom stereocenters. The number of amides is 3. The van der Waals surface area contributed by atoms with Gasteiger partial charge in [-0.2, -0.15) is 0 Å². The van der Waals surface area contributed by atoms with Crippen LogP contribution >= 0.6 is 11.6 Å². The first-order valence-electron chi connectivity index (χ1n) is 13.1. The number of nitrogens with zero attached hydrogens (tertiary/aromatic N) is 2. The fourth-order valence-electron chi connectivity index (χ4n) is 4.96. The molecule has 0 bridgehead atoms. The van der Waals surface area contributed by atoms with Gasteiger partial charge in [0.1, 0.15) is 17.5 Å². The summed E-state index contributed by atoms with van der Waals surface area (Å²) in [6.07, 6.45) is 4.40. The lowest BCUT2D eigenvalue weighted by Crippen LogP contribution is -2.59. The van der Waals surface area contributed by atoms with Crippen LogP contribution in [0.5, 0.6) is 0 Å². The molecule has 1 saturated heterocycles. The molecular formula is C29H35ClFN3O4. The van der Waals surface area contributed by atoms with Crippen molar-refractivity contribution in [2.75, 3.05) is 18.0 Å². The van der Waals surface area contributed by atoms with Gasteiger partial charge in [-0.1, -0.05) is 55.1 Å². The Kier molecular flexibility index (Phi) is 8.61. The van der Waals surface area contributed by atoms with E-state index in [2.05, 4.69) is 5.32 Å². The number of hydrogen-bond acceptors (Lipinski definition) is 4. The highest BCUT2D eigenvalue weighted by Gasteiger charge is 2.44. The van der Waals surface area contributed by atoms with E-state index in [0.29, 0.717) is 10.6 Å². The van der Waals surface area contributed by atoms with Gasteiger partial charge in [-0.25, -0.2) is 9.18 Å². The Labute approximate surface area is 228 Å². The highest BCUT2D eigenvalue weighted by atomic mass is 35.5. The van der Waals surface area contributed by atoms with Gasteiger partial charge < -0.3 is 15.0 Å². The van der Waals surface area contributed by atoms with E-state index in [0.717, 1.165) is 32.1 Å². The number of hydrogen-bond donors (Lipinski definition) is 1. The molecule has 0 spiro atoms. The summed E-state index contributed by atoms with van der Waals surface area (Å²) in [5, 5.41) is 3.45. The van der Waals surface area contributed by atoms with Crippen LogP contribution in [0.2, 0.25) is 5.02 Å². The van der Waals surface area contributed by atoms with Gasteiger partial charge in [-0.15, -0.1) is 0 Å². The molecule has 7 nitrogen and oxygen atoms in total. The average Bonchev–Trinajstić information content (AvgIpc) is 2.81. The molecule has 1 aliphatic carbocycles. The topological polar surface area (TPSA) is 79.0 Å². The third kappa shape index (κ3) is 6.65. The van der Waals surface area contributed by atoms with Crippen molar-refractivity contribution in [2.24, 2.45) is 5.92 Å². The molecule has 0 aromatic heterocycles. The van der Waals surface area contributed by atoms with E-state index < -0.39 is 29.5 Å². The van der Waals surface area contributed by atoms with Crippen molar-refractivity contribution >= 4 is 35.2 Å². The zero-order valence-corrected chi connectivity index (χ0v) is 22.8. The van der Waals surface area contributed by atoms with Crippen LogP contribution in [-0.4, -0.2) is 47.5 Å². The fraction of sp³-hybridized carbons (Fsp3) is 0.483. The van der Waals surface area contributed by atoms with Crippen molar-refractivity contribution in [3.05, 3.63) is 64.9 Å². The summed E-state index contributed by atoms with van der Waals surface area (Å²) in [7, 11) is 0.